The molecule has 0 radical (unpaired) electrons. The Hall–Kier alpha value is -3.73. The number of carbonyl (C=O) groups excluding carboxylic acids is 3. The number of hydrogen-bond acceptors (Lipinski definition) is 10. The predicted octanol–water partition coefficient (Wildman–Crippen LogP) is 6.96. The number of phenolic OH excluding ortho intramolecular Hbond substituents is 1. The third-order valence-electron chi connectivity index (χ3n) is 12.1. The molecule has 1 saturated carbocycles. The maximum atomic E-state index is 15.6. The Morgan fingerprint density at radius 3 is 2.36 bits per heavy atom. The van der Waals surface area contributed by atoms with Gasteiger partial charge in [-0.05, 0) is 99.6 Å². The van der Waals surface area contributed by atoms with Crippen molar-refractivity contribution in [3.8, 4) is 17.2 Å². The predicted molar refractivity (Wildman–Crippen MR) is 202 cm³/mol. The fourth-order valence-corrected chi connectivity index (χ4v) is 9.44. The first kappa shape index (κ1) is 39.0. The number of carbonyl (C=O) groups is 3. The van der Waals surface area contributed by atoms with Gasteiger partial charge in [0.1, 0.15) is 40.8 Å². The summed E-state index contributed by atoms with van der Waals surface area (Å²) in [6.07, 6.45) is 12.9. The number of methoxy groups -OCH3 is 1. The van der Waals surface area contributed by atoms with E-state index in [0.29, 0.717) is 73.8 Å². The zero-order valence-electron chi connectivity index (χ0n) is 32.9. The van der Waals surface area contributed by atoms with Crippen molar-refractivity contribution in [1.29, 1.82) is 0 Å². The van der Waals surface area contributed by atoms with Crippen LogP contribution in [-0.2, 0) is 30.2 Å². The Labute approximate surface area is 314 Å². The molecule has 0 amide bonds. The summed E-state index contributed by atoms with van der Waals surface area (Å²) in [5.41, 5.74) is 1.28. The molecule has 4 aliphatic heterocycles. The van der Waals surface area contributed by atoms with Gasteiger partial charge in [0.05, 0.1) is 37.4 Å². The van der Waals surface area contributed by atoms with Gasteiger partial charge in [0, 0.05) is 42.1 Å². The normalized spacial score (nSPS) is 31.5. The van der Waals surface area contributed by atoms with E-state index in [0.717, 1.165) is 18.3 Å². The number of phenols is 1. The summed E-state index contributed by atoms with van der Waals surface area (Å²) >= 11 is 0. The van der Waals surface area contributed by atoms with E-state index in [-0.39, 0.29) is 29.4 Å². The maximum Gasteiger partial charge on any atom is 0.333 e. The van der Waals surface area contributed by atoms with Crippen LogP contribution in [0.15, 0.2) is 41.0 Å². The summed E-state index contributed by atoms with van der Waals surface area (Å²) in [4.78, 5) is 43.4. The Bertz CT molecular complexity index is 1760. The van der Waals surface area contributed by atoms with Crippen LogP contribution in [0.3, 0.4) is 0 Å². The minimum atomic E-state index is -1.25. The molecule has 7 atom stereocenters. The molecule has 5 aliphatic rings. The number of aromatic hydroxyl groups is 1. The summed E-state index contributed by atoms with van der Waals surface area (Å²) < 4.78 is 32.0. The number of Topliss-reactive ketones (excluding diaryl/α,β-unsaturated/α-hetero) is 1. The standard InChI is InChI=1S/C43H57NO9/c1-25(2)11-10-17-42(8)18-16-29-36(46)33-37(47)34-35(44-19-21-50-22-20-44)28(24-45)23-31-41(6,7)51-32(15-13-27(5)40(48)49-9)43(31,34)53-39(33)30(38(29)52-42)14-12-26(3)4/h11-13,16,18,24,28,31-32,34-35,46H,10,14-15,17,19-23H2,1-9H3/b27-13-/t28-,31?,32+,34?,35?,42?,43-/m1/s1. The molecule has 0 bridgehead atoms. The first-order valence-electron chi connectivity index (χ1n) is 19.1. The molecule has 3 fully saturated rings. The lowest BCUT2D eigenvalue weighted by molar-refractivity contribution is -0.143. The second-order valence-corrected chi connectivity index (χ2v) is 16.7. The molecule has 1 N–H and O–H groups in total. The number of hydrogen-bond donors (Lipinski definition) is 1. The highest BCUT2D eigenvalue weighted by Crippen LogP contribution is 2.63. The van der Waals surface area contributed by atoms with E-state index in [9.17, 15) is 14.7 Å². The Morgan fingerprint density at radius 1 is 1.02 bits per heavy atom. The number of aldehydes is 1. The number of allylic oxidation sites excluding steroid dienone is 4. The Kier molecular flexibility index (Phi) is 10.9. The minimum Gasteiger partial charge on any atom is -0.506 e. The minimum absolute atomic E-state index is 0.117. The third kappa shape index (κ3) is 6.91. The molecular weight excluding hydrogens is 674 g/mol. The smallest absolute Gasteiger partial charge is 0.333 e. The van der Waals surface area contributed by atoms with E-state index in [4.69, 9.17) is 23.7 Å². The van der Waals surface area contributed by atoms with Gasteiger partial charge in [-0.1, -0.05) is 29.4 Å². The Balaban J connectivity index is 1.60. The van der Waals surface area contributed by atoms with Crippen LogP contribution in [0.4, 0.5) is 0 Å². The molecule has 1 aromatic rings. The van der Waals surface area contributed by atoms with Crippen LogP contribution in [0.1, 0.15) is 103 Å². The monoisotopic (exact) mass is 731 g/mol. The van der Waals surface area contributed by atoms with Crippen LogP contribution >= 0.6 is 0 Å². The molecule has 2 saturated heterocycles. The maximum absolute atomic E-state index is 15.6. The van der Waals surface area contributed by atoms with E-state index < -0.39 is 46.8 Å². The van der Waals surface area contributed by atoms with Crippen molar-refractivity contribution >= 4 is 24.1 Å². The number of esters is 1. The first-order chi connectivity index (χ1) is 25.1. The number of ether oxygens (including phenoxy) is 5. The number of fused-ring (bicyclic) bond motifs is 2. The highest BCUT2D eigenvalue weighted by Gasteiger charge is 2.73. The van der Waals surface area contributed by atoms with Gasteiger partial charge in [0.15, 0.2) is 11.4 Å². The SMILES string of the molecule is COC(=O)/C(C)=C\C[C@@H]1OC(C)(C)C2C[C@H](C=O)C(N3CCOCC3)C3C(=O)c4c(O)c5c(c(CC=C(C)C)c4O[C@]321)OC(C)(CCC=C(C)C)C=C5. The van der Waals surface area contributed by atoms with Gasteiger partial charge in [0.25, 0.3) is 0 Å². The van der Waals surface area contributed by atoms with E-state index >= 15 is 4.79 Å². The number of benzene rings is 1. The van der Waals surface area contributed by atoms with Crippen LogP contribution in [-0.4, -0.2) is 90.4 Å². The van der Waals surface area contributed by atoms with Crippen molar-refractivity contribution in [2.75, 3.05) is 33.4 Å². The second-order valence-electron chi connectivity index (χ2n) is 16.7. The first-order valence-corrected chi connectivity index (χ1v) is 19.1. The van der Waals surface area contributed by atoms with Crippen molar-refractivity contribution in [2.24, 2.45) is 17.8 Å². The van der Waals surface area contributed by atoms with Crippen molar-refractivity contribution in [2.45, 2.75) is 116 Å². The lowest BCUT2D eigenvalue weighted by Gasteiger charge is -2.57. The lowest BCUT2D eigenvalue weighted by atomic mass is 9.54. The van der Waals surface area contributed by atoms with E-state index in [1.165, 1.54) is 12.7 Å². The molecule has 10 nitrogen and oxygen atoms in total. The average molecular weight is 732 g/mol. The summed E-state index contributed by atoms with van der Waals surface area (Å²) in [5.74, 6) is -1.85. The summed E-state index contributed by atoms with van der Waals surface area (Å²) in [6.45, 7) is 18.0. The summed E-state index contributed by atoms with van der Waals surface area (Å²) in [7, 11) is 1.35. The second kappa shape index (κ2) is 14.8. The molecule has 1 spiro atoms. The van der Waals surface area contributed by atoms with E-state index in [1.807, 2.05) is 46.8 Å². The van der Waals surface area contributed by atoms with Crippen LogP contribution in [0.5, 0.6) is 17.2 Å². The number of nitrogens with zero attached hydrogens (tertiary/aromatic N) is 1. The number of ketones is 1. The summed E-state index contributed by atoms with van der Waals surface area (Å²) in [6, 6.07) is -0.527. The van der Waals surface area contributed by atoms with Gasteiger partial charge in [-0.2, -0.15) is 0 Å². The number of morpholine rings is 1. The molecule has 1 aromatic carbocycles. The highest BCUT2D eigenvalue weighted by atomic mass is 16.6. The van der Waals surface area contributed by atoms with E-state index in [2.05, 4.69) is 30.9 Å². The number of rotatable bonds is 10. The van der Waals surface area contributed by atoms with Crippen LogP contribution in [0.25, 0.3) is 6.08 Å². The summed E-state index contributed by atoms with van der Waals surface area (Å²) in [5, 5.41) is 12.2. The van der Waals surface area contributed by atoms with Crippen molar-refractivity contribution in [1.82, 2.24) is 4.90 Å². The van der Waals surface area contributed by atoms with Gasteiger partial charge < -0.3 is 33.6 Å². The highest BCUT2D eigenvalue weighted by molar-refractivity contribution is 6.07. The van der Waals surface area contributed by atoms with E-state index in [1.54, 1.807) is 13.0 Å². The van der Waals surface area contributed by atoms with Gasteiger partial charge in [-0.15, -0.1) is 0 Å². The zero-order valence-corrected chi connectivity index (χ0v) is 32.9. The molecule has 4 heterocycles. The third-order valence-corrected chi connectivity index (χ3v) is 12.1. The topological polar surface area (TPSA) is 121 Å². The molecular formula is C43H57NO9. The Morgan fingerprint density at radius 2 is 1.72 bits per heavy atom. The van der Waals surface area contributed by atoms with Gasteiger partial charge in [-0.25, -0.2) is 4.79 Å². The molecule has 288 valence electrons. The zero-order chi connectivity index (χ0) is 38.5. The molecule has 4 unspecified atom stereocenters. The van der Waals surface area contributed by atoms with Crippen LogP contribution in [0, 0.1) is 17.8 Å². The van der Waals surface area contributed by atoms with Crippen molar-refractivity contribution < 1.29 is 43.2 Å². The molecule has 53 heavy (non-hydrogen) atoms. The van der Waals surface area contributed by atoms with Gasteiger partial charge >= 0.3 is 5.97 Å². The quantitative estimate of drug-likeness (QED) is 0.117. The largest absolute Gasteiger partial charge is 0.506 e. The molecule has 1 aliphatic carbocycles. The van der Waals surface area contributed by atoms with Gasteiger partial charge in [0.2, 0.25) is 0 Å². The van der Waals surface area contributed by atoms with Crippen molar-refractivity contribution in [3.63, 3.8) is 0 Å². The van der Waals surface area contributed by atoms with Crippen molar-refractivity contribution in [3.05, 3.63) is 57.7 Å². The van der Waals surface area contributed by atoms with Crippen LogP contribution in [0.2, 0.25) is 0 Å². The lowest BCUT2D eigenvalue weighted by Crippen LogP contribution is -2.71. The fourth-order valence-electron chi connectivity index (χ4n) is 9.44. The fraction of sp³-hybridized carbons (Fsp3) is 0.605. The molecule has 10 heteroatoms. The van der Waals surface area contributed by atoms with Gasteiger partial charge in [-0.3, -0.25) is 9.69 Å². The molecule has 6 rings (SSSR count). The molecule has 0 aromatic heterocycles. The average Bonchev–Trinajstić information content (AvgIpc) is 3.33. The van der Waals surface area contributed by atoms with Crippen LogP contribution < -0.4 is 9.47 Å².